The van der Waals surface area contributed by atoms with Crippen LogP contribution in [0.3, 0.4) is 0 Å². The van der Waals surface area contributed by atoms with Crippen LogP contribution >= 0.6 is 0 Å². The zero-order chi connectivity index (χ0) is 13.7. The summed E-state index contributed by atoms with van der Waals surface area (Å²) >= 11 is 0. The Kier molecular flexibility index (Phi) is 5.26. The number of benzene rings is 1. The van der Waals surface area contributed by atoms with Gasteiger partial charge in [-0.3, -0.25) is 0 Å². The molecule has 0 amide bonds. The Morgan fingerprint density at radius 3 is 2.95 bits per heavy atom. The highest BCUT2D eigenvalue weighted by Gasteiger charge is 2.22. The summed E-state index contributed by atoms with van der Waals surface area (Å²) in [4.78, 5) is 0. The van der Waals surface area contributed by atoms with E-state index in [0.717, 1.165) is 31.7 Å². The fourth-order valence-electron chi connectivity index (χ4n) is 2.77. The lowest BCUT2D eigenvalue weighted by Crippen LogP contribution is -2.21. The van der Waals surface area contributed by atoms with Gasteiger partial charge in [-0.1, -0.05) is 39.0 Å². The first-order chi connectivity index (χ1) is 9.27. The molecule has 1 aliphatic heterocycles. The standard InChI is InChI=1S/C17H27NO/c1-4-11-18-16-10-7-12-19-17-14(13(3)5-2)8-6-9-15(16)17/h6,8-9,13,16,18H,4-5,7,10-12H2,1-3H3. The number of ether oxygens (including phenoxy) is 1. The van der Waals surface area contributed by atoms with Crippen molar-refractivity contribution in [2.45, 2.75) is 58.4 Å². The van der Waals surface area contributed by atoms with Crippen molar-refractivity contribution in [3.63, 3.8) is 0 Å². The van der Waals surface area contributed by atoms with Crippen LogP contribution in [0.25, 0.3) is 0 Å². The molecule has 1 aromatic rings. The summed E-state index contributed by atoms with van der Waals surface area (Å²) in [6.45, 7) is 8.69. The minimum absolute atomic E-state index is 0.460. The maximum atomic E-state index is 6.07. The fourth-order valence-corrected chi connectivity index (χ4v) is 2.77. The Balaban J connectivity index is 2.33. The zero-order valence-electron chi connectivity index (χ0n) is 12.5. The van der Waals surface area contributed by atoms with Gasteiger partial charge in [0.05, 0.1) is 6.61 Å². The van der Waals surface area contributed by atoms with Crippen LogP contribution in [0.5, 0.6) is 5.75 Å². The molecule has 0 aromatic heterocycles. The zero-order valence-corrected chi connectivity index (χ0v) is 12.5. The second-order valence-electron chi connectivity index (χ2n) is 5.57. The van der Waals surface area contributed by atoms with E-state index < -0.39 is 0 Å². The third kappa shape index (κ3) is 3.30. The Morgan fingerprint density at radius 1 is 1.37 bits per heavy atom. The van der Waals surface area contributed by atoms with Crippen molar-refractivity contribution < 1.29 is 4.74 Å². The van der Waals surface area contributed by atoms with Crippen molar-refractivity contribution in [1.29, 1.82) is 0 Å². The summed E-state index contributed by atoms with van der Waals surface area (Å²) in [5.41, 5.74) is 2.74. The van der Waals surface area contributed by atoms with Crippen LogP contribution in [-0.2, 0) is 0 Å². The van der Waals surface area contributed by atoms with Crippen molar-refractivity contribution >= 4 is 0 Å². The second-order valence-corrected chi connectivity index (χ2v) is 5.57. The lowest BCUT2D eigenvalue weighted by atomic mass is 9.92. The predicted molar refractivity (Wildman–Crippen MR) is 80.9 cm³/mol. The molecule has 2 unspecified atom stereocenters. The summed E-state index contributed by atoms with van der Waals surface area (Å²) in [7, 11) is 0. The van der Waals surface area contributed by atoms with Gasteiger partial charge in [0.15, 0.2) is 0 Å². The normalized spacial score (nSPS) is 20.3. The number of para-hydroxylation sites is 1. The molecule has 0 spiro atoms. The van der Waals surface area contributed by atoms with E-state index in [1.165, 1.54) is 24.0 Å². The van der Waals surface area contributed by atoms with Crippen LogP contribution < -0.4 is 10.1 Å². The summed E-state index contributed by atoms with van der Waals surface area (Å²) in [5.74, 6) is 1.72. The molecule has 2 heteroatoms. The van der Waals surface area contributed by atoms with Crippen molar-refractivity contribution in [1.82, 2.24) is 5.32 Å². The molecule has 0 fully saturated rings. The van der Waals surface area contributed by atoms with Crippen molar-refractivity contribution in [3.8, 4) is 5.75 Å². The highest BCUT2D eigenvalue weighted by Crippen LogP contribution is 2.38. The molecular formula is C17H27NO. The van der Waals surface area contributed by atoms with E-state index in [-0.39, 0.29) is 0 Å². The summed E-state index contributed by atoms with van der Waals surface area (Å²) in [6.07, 6.45) is 4.65. The first kappa shape index (κ1) is 14.4. The number of hydrogen-bond donors (Lipinski definition) is 1. The maximum absolute atomic E-state index is 6.07. The summed E-state index contributed by atoms with van der Waals surface area (Å²) in [6, 6.07) is 7.12. The first-order valence-electron chi connectivity index (χ1n) is 7.76. The Bertz CT molecular complexity index is 402. The minimum atomic E-state index is 0.460. The number of rotatable bonds is 5. The third-order valence-corrected chi connectivity index (χ3v) is 4.12. The van der Waals surface area contributed by atoms with Gasteiger partial charge in [-0.05, 0) is 43.7 Å². The molecule has 0 radical (unpaired) electrons. The monoisotopic (exact) mass is 261 g/mol. The topological polar surface area (TPSA) is 21.3 Å². The lowest BCUT2D eigenvalue weighted by Gasteiger charge is -2.21. The van der Waals surface area contributed by atoms with Crippen LogP contribution in [0.4, 0.5) is 0 Å². The molecule has 0 saturated heterocycles. The molecule has 2 nitrogen and oxygen atoms in total. The quantitative estimate of drug-likeness (QED) is 0.847. The van der Waals surface area contributed by atoms with Gasteiger partial charge >= 0.3 is 0 Å². The Hall–Kier alpha value is -1.02. The van der Waals surface area contributed by atoms with Gasteiger partial charge < -0.3 is 10.1 Å². The highest BCUT2D eigenvalue weighted by atomic mass is 16.5. The van der Waals surface area contributed by atoms with E-state index in [1.54, 1.807) is 0 Å². The Morgan fingerprint density at radius 2 is 2.21 bits per heavy atom. The summed E-state index contributed by atoms with van der Waals surface area (Å²) in [5, 5.41) is 3.67. The van der Waals surface area contributed by atoms with Crippen LogP contribution in [-0.4, -0.2) is 13.2 Å². The number of fused-ring (bicyclic) bond motifs is 1. The van der Waals surface area contributed by atoms with E-state index in [1.807, 2.05) is 0 Å². The van der Waals surface area contributed by atoms with Crippen molar-refractivity contribution in [3.05, 3.63) is 29.3 Å². The van der Waals surface area contributed by atoms with Gasteiger partial charge in [0.25, 0.3) is 0 Å². The lowest BCUT2D eigenvalue weighted by molar-refractivity contribution is 0.310. The maximum Gasteiger partial charge on any atom is 0.127 e. The smallest absolute Gasteiger partial charge is 0.127 e. The predicted octanol–water partition coefficient (Wildman–Crippen LogP) is 4.41. The molecule has 2 rings (SSSR count). The van der Waals surface area contributed by atoms with Gasteiger partial charge in [0, 0.05) is 11.6 Å². The van der Waals surface area contributed by atoms with E-state index in [9.17, 15) is 0 Å². The number of nitrogens with one attached hydrogen (secondary N) is 1. The molecule has 2 atom stereocenters. The van der Waals surface area contributed by atoms with Gasteiger partial charge in [-0.2, -0.15) is 0 Å². The SMILES string of the molecule is CCCNC1CCCOc2c(C(C)CC)cccc21. The van der Waals surface area contributed by atoms with Crippen LogP contribution in [0, 0.1) is 0 Å². The number of hydrogen-bond acceptors (Lipinski definition) is 2. The highest BCUT2D eigenvalue weighted by molar-refractivity contribution is 5.45. The summed E-state index contributed by atoms with van der Waals surface area (Å²) < 4.78 is 6.07. The average Bonchev–Trinajstić information content (AvgIpc) is 2.66. The average molecular weight is 261 g/mol. The van der Waals surface area contributed by atoms with Crippen LogP contribution in [0.15, 0.2) is 18.2 Å². The molecule has 1 aliphatic rings. The van der Waals surface area contributed by atoms with E-state index in [0.29, 0.717) is 12.0 Å². The molecule has 19 heavy (non-hydrogen) atoms. The largest absolute Gasteiger partial charge is 0.493 e. The fraction of sp³-hybridized carbons (Fsp3) is 0.647. The van der Waals surface area contributed by atoms with Crippen molar-refractivity contribution in [2.75, 3.05) is 13.2 Å². The molecule has 1 heterocycles. The molecule has 0 bridgehead atoms. The van der Waals surface area contributed by atoms with Gasteiger partial charge in [-0.25, -0.2) is 0 Å². The molecule has 1 N–H and O–H groups in total. The van der Waals surface area contributed by atoms with Gasteiger partial charge in [0.2, 0.25) is 0 Å². The minimum Gasteiger partial charge on any atom is -0.493 e. The Labute approximate surface area is 117 Å². The van der Waals surface area contributed by atoms with Crippen LogP contribution in [0.1, 0.15) is 69.5 Å². The molecule has 1 aromatic carbocycles. The van der Waals surface area contributed by atoms with E-state index in [4.69, 9.17) is 4.74 Å². The molecule has 106 valence electrons. The van der Waals surface area contributed by atoms with Crippen LogP contribution in [0.2, 0.25) is 0 Å². The van der Waals surface area contributed by atoms with E-state index >= 15 is 0 Å². The van der Waals surface area contributed by atoms with Gasteiger partial charge in [-0.15, -0.1) is 0 Å². The second kappa shape index (κ2) is 6.95. The molecule has 0 aliphatic carbocycles. The van der Waals surface area contributed by atoms with Gasteiger partial charge in [0.1, 0.15) is 5.75 Å². The first-order valence-corrected chi connectivity index (χ1v) is 7.76. The van der Waals surface area contributed by atoms with E-state index in [2.05, 4.69) is 44.3 Å². The third-order valence-electron chi connectivity index (χ3n) is 4.12. The van der Waals surface area contributed by atoms with Crippen molar-refractivity contribution in [2.24, 2.45) is 0 Å². The molecule has 0 saturated carbocycles. The molecular weight excluding hydrogens is 234 g/mol.